The van der Waals surface area contributed by atoms with Crippen LogP contribution < -0.4 is 0 Å². The molecule has 0 aromatic heterocycles. The van der Waals surface area contributed by atoms with Crippen LogP contribution >= 0.6 is 0 Å². The van der Waals surface area contributed by atoms with Crippen molar-refractivity contribution in [3.8, 4) is 0 Å². The molecule has 0 saturated carbocycles. The Bertz CT molecular complexity index is 113. The predicted molar refractivity (Wildman–Crippen MR) is 38.4 cm³/mol. The lowest BCUT2D eigenvalue weighted by atomic mass is 10.0. The highest BCUT2D eigenvalue weighted by Gasteiger charge is 2.05. The van der Waals surface area contributed by atoms with Crippen molar-refractivity contribution in [2.45, 2.75) is 26.7 Å². The molecule has 0 radical (unpaired) electrons. The van der Waals surface area contributed by atoms with E-state index in [4.69, 9.17) is 4.74 Å². The molecule has 1 aliphatic rings. The molecule has 0 bridgehead atoms. The van der Waals surface area contributed by atoms with E-state index in [9.17, 15) is 0 Å². The van der Waals surface area contributed by atoms with Crippen LogP contribution in [0.1, 0.15) is 26.7 Å². The molecule has 1 heteroatoms. The SMILES string of the molecule is CC(C)=C1CCOCC1. The van der Waals surface area contributed by atoms with Crippen LogP contribution in [0.5, 0.6) is 0 Å². The number of hydrogen-bond acceptors (Lipinski definition) is 1. The Balaban J connectivity index is 2.49. The lowest BCUT2D eigenvalue weighted by molar-refractivity contribution is 0.118. The van der Waals surface area contributed by atoms with Gasteiger partial charge in [-0.2, -0.15) is 0 Å². The highest BCUT2D eigenvalue weighted by molar-refractivity contribution is 5.10. The smallest absolute Gasteiger partial charge is 0.0503 e. The largest absolute Gasteiger partial charge is 0.381 e. The topological polar surface area (TPSA) is 9.23 Å². The summed E-state index contributed by atoms with van der Waals surface area (Å²) in [6, 6.07) is 0. The average Bonchev–Trinajstić information content (AvgIpc) is 1.90. The van der Waals surface area contributed by atoms with Gasteiger partial charge in [-0.1, -0.05) is 11.1 Å². The van der Waals surface area contributed by atoms with Gasteiger partial charge in [0, 0.05) is 0 Å². The van der Waals surface area contributed by atoms with Crippen molar-refractivity contribution >= 4 is 0 Å². The second-order valence-corrected chi connectivity index (χ2v) is 2.72. The first kappa shape index (κ1) is 6.81. The third-order valence-corrected chi connectivity index (χ3v) is 1.80. The second-order valence-electron chi connectivity index (χ2n) is 2.72. The summed E-state index contributed by atoms with van der Waals surface area (Å²) >= 11 is 0. The van der Waals surface area contributed by atoms with Crippen LogP contribution in [-0.2, 0) is 4.74 Å². The molecule has 1 rings (SSSR count). The summed E-state index contributed by atoms with van der Waals surface area (Å²) in [6.45, 7) is 6.22. The summed E-state index contributed by atoms with van der Waals surface area (Å²) in [5.74, 6) is 0. The van der Waals surface area contributed by atoms with E-state index in [2.05, 4.69) is 13.8 Å². The Kier molecular flexibility index (Phi) is 2.29. The van der Waals surface area contributed by atoms with Gasteiger partial charge in [0.2, 0.25) is 0 Å². The summed E-state index contributed by atoms with van der Waals surface area (Å²) in [6.07, 6.45) is 2.31. The monoisotopic (exact) mass is 126 g/mol. The van der Waals surface area contributed by atoms with Gasteiger partial charge in [0.15, 0.2) is 0 Å². The fraction of sp³-hybridized carbons (Fsp3) is 0.750. The minimum atomic E-state index is 0.931. The first-order valence-electron chi connectivity index (χ1n) is 3.53. The molecule has 1 nitrogen and oxygen atoms in total. The second kappa shape index (κ2) is 3.02. The molecule has 0 spiro atoms. The standard InChI is InChI=1S/C8H14O/c1-7(2)8-3-5-9-6-4-8/h3-6H2,1-2H3. The van der Waals surface area contributed by atoms with Crippen LogP contribution in [0.25, 0.3) is 0 Å². The van der Waals surface area contributed by atoms with Crippen molar-refractivity contribution in [2.24, 2.45) is 0 Å². The zero-order valence-corrected chi connectivity index (χ0v) is 6.24. The Labute approximate surface area is 56.7 Å². The summed E-state index contributed by atoms with van der Waals surface area (Å²) in [5, 5.41) is 0. The summed E-state index contributed by atoms with van der Waals surface area (Å²) in [7, 11) is 0. The molecule has 0 unspecified atom stereocenters. The van der Waals surface area contributed by atoms with E-state index >= 15 is 0 Å². The van der Waals surface area contributed by atoms with E-state index in [-0.39, 0.29) is 0 Å². The molecule has 1 fully saturated rings. The molecule has 0 atom stereocenters. The number of rotatable bonds is 0. The van der Waals surface area contributed by atoms with Crippen molar-refractivity contribution in [3.63, 3.8) is 0 Å². The van der Waals surface area contributed by atoms with E-state index in [0.717, 1.165) is 26.1 Å². The van der Waals surface area contributed by atoms with Crippen molar-refractivity contribution in [2.75, 3.05) is 13.2 Å². The molecular formula is C8H14O. The van der Waals surface area contributed by atoms with Crippen molar-refractivity contribution < 1.29 is 4.74 Å². The molecule has 0 aliphatic carbocycles. The molecule has 9 heavy (non-hydrogen) atoms. The minimum absolute atomic E-state index is 0.931. The average molecular weight is 126 g/mol. The van der Waals surface area contributed by atoms with Crippen LogP contribution in [-0.4, -0.2) is 13.2 Å². The molecule has 0 aromatic carbocycles. The third kappa shape index (κ3) is 1.83. The molecule has 1 heterocycles. The van der Waals surface area contributed by atoms with Crippen LogP contribution in [0.4, 0.5) is 0 Å². The zero-order chi connectivity index (χ0) is 6.69. The maximum absolute atomic E-state index is 5.22. The Hall–Kier alpha value is -0.300. The van der Waals surface area contributed by atoms with Crippen molar-refractivity contribution in [1.29, 1.82) is 0 Å². The lowest BCUT2D eigenvalue weighted by Crippen LogP contribution is -2.07. The predicted octanol–water partition coefficient (Wildman–Crippen LogP) is 2.13. The molecule has 0 amide bonds. The van der Waals surface area contributed by atoms with Crippen LogP contribution in [0.3, 0.4) is 0 Å². The first-order chi connectivity index (χ1) is 4.30. The van der Waals surface area contributed by atoms with Gasteiger partial charge in [0.05, 0.1) is 13.2 Å². The van der Waals surface area contributed by atoms with E-state index < -0.39 is 0 Å². The number of allylic oxidation sites excluding steroid dienone is 1. The van der Waals surface area contributed by atoms with Crippen LogP contribution in [0.2, 0.25) is 0 Å². The third-order valence-electron chi connectivity index (χ3n) is 1.80. The summed E-state index contributed by atoms with van der Waals surface area (Å²) in [4.78, 5) is 0. The van der Waals surface area contributed by atoms with Crippen molar-refractivity contribution in [1.82, 2.24) is 0 Å². The summed E-state index contributed by atoms with van der Waals surface area (Å²) in [5.41, 5.74) is 3.08. The molecule has 0 aromatic rings. The normalized spacial score (nSPS) is 20.0. The van der Waals surface area contributed by atoms with Gasteiger partial charge in [-0.05, 0) is 26.7 Å². The van der Waals surface area contributed by atoms with E-state index in [1.54, 1.807) is 5.57 Å². The summed E-state index contributed by atoms with van der Waals surface area (Å²) < 4.78 is 5.22. The Morgan fingerprint density at radius 2 is 1.78 bits per heavy atom. The van der Waals surface area contributed by atoms with Crippen LogP contribution in [0, 0.1) is 0 Å². The van der Waals surface area contributed by atoms with Gasteiger partial charge in [-0.25, -0.2) is 0 Å². The van der Waals surface area contributed by atoms with Gasteiger partial charge < -0.3 is 4.74 Å². The lowest BCUT2D eigenvalue weighted by Gasteiger charge is -2.15. The maximum atomic E-state index is 5.22. The molecule has 0 N–H and O–H groups in total. The molecule has 1 saturated heterocycles. The quantitative estimate of drug-likeness (QED) is 0.452. The van der Waals surface area contributed by atoms with Gasteiger partial charge in [-0.3, -0.25) is 0 Å². The van der Waals surface area contributed by atoms with Crippen molar-refractivity contribution in [3.05, 3.63) is 11.1 Å². The fourth-order valence-electron chi connectivity index (χ4n) is 1.12. The fourth-order valence-corrected chi connectivity index (χ4v) is 1.12. The Morgan fingerprint density at radius 1 is 1.22 bits per heavy atom. The number of ether oxygens (including phenoxy) is 1. The minimum Gasteiger partial charge on any atom is -0.381 e. The van der Waals surface area contributed by atoms with Gasteiger partial charge in [-0.15, -0.1) is 0 Å². The van der Waals surface area contributed by atoms with Crippen LogP contribution in [0.15, 0.2) is 11.1 Å². The molecule has 52 valence electrons. The van der Waals surface area contributed by atoms with E-state index in [1.165, 1.54) is 5.57 Å². The van der Waals surface area contributed by atoms with Gasteiger partial charge in [0.25, 0.3) is 0 Å². The number of hydrogen-bond donors (Lipinski definition) is 0. The van der Waals surface area contributed by atoms with E-state index in [1.807, 2.05) is 0 Å². The molecular weight excluding hydrogens is 112 g/mol. The molecule has 1 aliphatic heterocycles. The van der Waals surface area contributed by atoms with E-state index in [0.29, 0.717) is 0 Å². The highest BCUT2D eigenvalue weighted by Crippen LogP contribution is 2.16. The Morgan fingerprint density at radius 3 is 2.11 bits per heavy atom. The van der Waals surface area contributed by atoms with Gasteiger partial charge >= 0.3 is 0 Å². The maximum Gasteiger partial charge on any atom is 0.0503 e. The zero-order valence-electron chi connectivity index (χ0n) is 6.24. The van der Waals surface area contributed by atoms with Gasteiger partial charge in [0.1, 0.15) is 0 Å². The first-order valence-corrected chi connectivity index (χ1v) is 3.53. The highest BCUT2D eigenvalue weighted by atomic mass is 16.5.